The molecule has 2 atom stereocenters. The van der Waals surface area contributed by atoms with E-state index in [9.17, 15) is 18.0 Å². The van der Waals surface area contributed by atoms with Crippen LogP contribution in [0.1, 0.15) is 26.7 Å². The zero-order chi connectivity index (χ0) is 13.2. The molecule has 0 saturated heterocycles. The Balaban J connectivity index is 2.62. The van der Waals surface area contributed by atoms with Crippen LogP contribution in [0.4, 0.5) is 13.2 Å². The highest BCUT2D eigenvalue weighted by Crippen LogP contribution is 2.42. The van der Waals surface area contributed by atoms with Gasteiger partial charge in [-0.25, -0.2) is 0 Å². The van der Waals surface area contributed by atoms with Gasteiger partial charge in [-0.3, -0.25) is 4.79 Å². The highest BCUT2D eigenvalue weighted by Gasteiger charge is 2.51. The molecule has 1 aliphatic carbocycles. The molecule has 0 bridgehead atoms. The fraction of sp³-hybridized carbons (Fsp3) is 0.909. The summed E-state index contributed by atoms with van der Waals surface area (Å²) in [5.41, 5.74) is 5.12. The largest absolute Gasteiger partial charge is 0.465 e. The maximum Gasteiger partial charge on any atom is 0.404 e. The third-order valence-corrected chi connectivity index (χ3v) is 2.73. The molecule has 0 aliphatic heterocycles. The van der Waals surface area contributed by atoms with E-state index in [2.05, 4.69) is 0 Å². The molecule has 0 heterocycles. The zero-order valence-electron chi connectivity index (χ0n) is 9.96. The van der Waals surface area contributed by atoms with Gasteiger partial charge < -0.3 is 10.5 Å². The van der Waals surface area contributed by atoms with Crippen LogP contribution in [0.2, 0.25) is 0 Å². The molecular weight excluding hydrogens is 235 g/mol. The topological polar surface area (TPSA) is 52.3 Å². The van der Waals surface area contributed by atoms with Crippen molar-refractivity contribution >= 4 is 5.97 Å². The first-order valence-corrected chi connectivity index (χ1v) is 5.72. The average molecular weight is 253 g/mol. The molecule has 3 nitrogen and oxygen atoms in total. The molecule has 0 aromatic carbocycles. The molecule has 2 N–H and O–H groups in total. The van der Waals surface area contributed by atoms with Crippen LogP contribution >= 0.6 is 0 Å². The summed E-state index contributed by atoms with van der Waals surface area (Å²) in [5.74, 6) is -2.23. The minimum Gasteiger partial charge on any atom is -0.465 e. The summed E-state index contributed by atoms with van der Waals surface area (Å²) in [6, 6.07) is -2.12. The van der Waals surface area contributed by atoms with Crippen LogP contribution in [-0.4, -0.2) is 24.8 Å². The molecule has 0 amide bonds. The van der Waals surface area contributed by atoms with Crippen molar-refractivity contribution in [2.45, 2.75) is 38.9 Å². The fourth-order valence-electron chi connectivity index (χ4n) is 1.64. The highest BCUT2D eigenvalue weighted by atomic mass is 19.4. The van der Waals surface area contributed by atoms with Gasteiger partial charge in [-0.05, 0) is 24.7 Å². The Kier molecular flexibility index (Phi) is 4.41. The van der Waals surface area contributed by atoms with Crippen molar-refractivity contribution in [2.75, 3.05) is 6.61 Å². The minimum absolute atomic E-state index is 0.0981. The normalized spacial score (nSPS) is 20.2. The Morgan fingerprint density at radius 2 is 1.94 bits per heavy atom. The van der Waals surface area contributed by atoms with Crippen LogP contribution in [0.3, 0.4) is 0 Å². The zero-order valence-corrected chi connectivity index (χ0v) is 9.96. The van der Waals surface area contributed by atoms with Crippen LogP contribution in [0.25, 0.3) is 0 Å². The Morgan fingerprint density at radius 3 is 2.29 bits per heavy atom. The summed E-state index contributed by atoms with van der Waals surface area (Å²) in [6.07, 6.45) is -3.32. The maximum atomic E-state index is 12.5. The Bertz CT molecular complexity index is 274. The van der Waals surface area contributed by atoms with E-state index in [1.54, 1.807) is 0 Å². The molecule has 1 aliphatic rings. The molecule has 1 saturated carbocycles. The van der Waals surface area contributed by atoms with E-state index in [-0.39, 0.29) is 18.4 Å². The van der Waals surface area contributed by atoms with Gasteiger partial charge in [0.1, 0.15) is 6.04 Å². The molecule has 0 spiro atoms. The van der Waals surface area contributed by atoms with Gasteiger partial charge in [0.25, 0.3) is 0 Å². The van der Waals surface area contributed by atoms with Gasteiger partial charge in [0.15, 0.2) is 0 Å². The van der Waals surface area contributed by atoms with Crippen molar-refractivity contribution in [2.24, 2.45) is 23.5 Å². The van der Waals surface area contributed by atoms with Gasteiger partial charge in [0.2, 0.25) is 0 Å². The lowest BCUT2D eigenvalue weighted by Crippen LogP contribution is -2.48. The molecule has 1 fully saturated rings. The van der Waals surface area contributed by atoms with Crippen molar-refractivity contribution in [3.63, 3.8) is 0 Å². The van der Waals surface area contributed by atoms with Gasteiger partial charge in [-0.1, -0.05) is 13.8 Å². The summed E-state index contributed by atoms with van der Waals surface area (Å²) in [7, 11) is 0. The predicted octanol–water partition coefficient (Wildman–Crippen LogP) is 2.10. The predicted molar refractivity (Wildman–Crippen MR) is 56.0 cm³/mol. The number of hydrogen-bond acceptors (Lipinski definition) is 3. The second-order valence-electron chi connectivity index (χ2n) is 4.95. The van der Waals surface area contributed by atoms with E-state index >= 15 is 0 Å². The smallest absolute Gasteiger partial charge is 0.404 e. The number of carbonyl (C=O) groups excluding carboxylic acids is 1. The minimum atomic E-state index is -4.55. The van der Waals surface area contributed by atoms with E-state index in [4.69, 9.17) is 10.5 Å². The number of rotatable bonds is 5. The van der Waals surface area contributed by atoms with Crippen LogP contribution in [-0.2, 0) is 9.53 Å². The van der Waals surface area contributed by atoms with Crippen LogP contribution in [0.5, 0.6) is 0 Å². The van der Waals surface area contributed by atoms with Gasteiger partial charge in [-0.15, -0.1) is 0 Å². The van der Waals surface area contributed by atoms with E-state index in [0.717, 1.165) is 0 Å². The first kappa shape index (κ1) is 14.3. The van der Waals surface area contributed by atoms with Crippen molar-refractivity contribution < 1.29 is 22.7 Å². The van der Waals surface area contributed by atoms with Gasteiger partial charge >= 0.3 is 12.1 Å². The van der Waals surface area contributed by atoms with Crippen molar-refractivity contribution in [3.8, 4) is 0 Å². The summed E-state index contributed by atoms with van der Waals surface area (Å²) < 4.78 is 42.4. The number of carbonyl (C=O) groups is 1. The lowest BCUT2D eigenvalue weighted by Gasteiger charge is -2.24. The van der Waals surface area contributed by atoms with Crippen molar-refractivity contribution in [1.82, 2.24) is 0 Å². The molecule has 100 valence electrons. The van der Waals surface area contributed by atoms with Crippen molar-refractivity contribution in [1.29, 1.82) is 0 Å². The quantitative estimate of drug-likeness (QED) is 0.763. The molecule has 17 heavy (non-hydrogen) atoms. The first-order valence-electron chi connectivity index (χ1n) is 5.72. The average Bonchev–Trinajstić information content (AvgIpc) is 2.97. The molecule has 6 heteroatoms. The molecule has 0 aromatic rings. The number of ether oxygens (including phenoxy) is 1. The van der Waals surface area contributed by atoms with Gasteiger partial charge in [-0.2, -0.15) is 13.2 Å². The third kappa shape index (κ3) is 4.18. The van der Waals surface area contributed by atoms with Gasteiger partial charge in [0, 0.05) is 0 Å². The number of esters is 1. The monoisotopic (exact) mass is 253 g/mol. The summed E-state index contributed by atoms with van der Waals surface area (Å²) in [6.45, 7) is 3.78. The number of hydrogen-bond donors (Lipinski definition) is 1. The van der Waals surface area contributed by atoms with Gasteiger partial charge in [0.05, 0.1) is 12.5 Å². The van der Waals surface area contributed by atoms with Crippen LogP contribution < -0.4 is 5.73 Å². The standard InChI is InChI=1S/C11H18F3NO2/c1-6(2)5-17-10(16)8(7-3-4-7)9(15)11(12,13)14/h6-9H,3-5,15H2,1-2H3/t8-,9-/m1/s1. The molecule has 0 radical (unpaired) electrons. The van der Waals surface area contributed by atoms with E-state index in [0.29, 0.717) is 12.8 Å². The lowest BCUT2D eigenvalue weighted by atomic mass is 9.94. The number of alkyl halides is 3. The Labute approximate surface area is 98.5 Å². The SMILES string of the molecule is CC(C)COC(=O)[C@H](C1CC1)[C@@H](N)C(F)(F)F. The number of nitrogens with two attached hydrogens (primary N) is 1. The summed E-state index contributed by atoms with van der Waals surface area (Å²) >= 11 is 0. The summed E-state index contributed by atoms with van der Waals surface area (Å²) in [5, 5.41) is 0. The fourth-order valence-corrected chi connectivity index (χ4v) is 1.64. The first-order chi connectivity index (χ1) is 7.73. The Morgan fingerprint density at radius 1 is 1.41 bits per heavy atom. The maximum absolute atomic E-state index is 12.5. The molecule has 0 aromatic heterocycles. The van der Waals surface area contributed by atoms with Crippen LogP contribution in [0, 0.1) is 17.8 Å². The number of halogens is 3. The molecule has 1 rings (SSSR count). The lowest BCUT2D eigenvalue weighted by molar-refractivity contribution is -0.178. The highest BCUT2D eigenvalue weighted by molar-refractivity contribution is 5.74. The van der Waals surface area contributed by atoms with E-state index < -0.39 is 24.1 Å². The second-order valence-corrected chi connectivity index (χ2v) is 4.95. The third-order valence-electron chi connectivity index (χ3n) is 2.73. The van der Waals surface area contributed by atoms with E-state index in [1.165, 1.54) is 0 Å². The molecular formula is C11H18F3NO2. The molecule has 0 unspecified atom stereocenters. The van der Waals surface area contributed by atoms with Crippen molar-refractivity contribution in [3.05, 3.63) is 0 Å². The summed E-state index contributed by atoms with van der Waals surface area (Å²) in [4.78, 5) is 11.6. The Hall–Kier alpha value is -0.780. The van der Waals surface area contributed by atoms with Crippen LogP contribution in [0.15, 0.2) is 0 Å². The van der Waals surface area contributed by atoms with E-state index in [1.807, 2.05) is 13.8 Å². The second kappa shape index (κ2) is 5.25.